The van der Waals surface area contributed by atoms with Crippen LogP contribution in [-0.4, -0.2) is 42.1 Å². The largest absolute Gasteiger partial charge is 0.497 e. The van der Waals surface area contributed by atoms with Crippen molar-refractivity contribution in [1.82, 2.24) is 9.47 Å². The number of carbonyl (C=O) groups is 1. The Labute approximate surface area is 176 Å². The van der Waals surface area contributed by atoms with Gasteiger partial charge in [-0.25, -0.2) is 0 Å². The van der Waals surface area contributed by atoms with E-state index < -0.39 is 0 Å². The molecule has 1 fully saturated rings. The number of likely N-dealkylation sites (tertiary alicyclic amines) is 1. The molecular weight excluding hydrogens is 376 g/mol. The van der Waals surface area contributed by atoms with Gasteiger partial charge >= 0.3 is 0 Å². The Morgan fingerprint density at radius 1 is 1.10 bits per heavy atom. The van der Waals surface area contributed by atoms with Gasteiger partial charge in [0.15, 0.2) is 0 Å². The summed E-state index contributed by atoms with van der Waals surface area (Å²) in [4.78, 5) is 14.8. The van der Waals surface area contributed by atoms with Crippen LogP contribution in [0.15, 0.2) is 66.9 Å². The fourth-order valence-electron chi connectivity index (χ4n) is 4.67. The van der Waals surface area contributed by atoms with E-state index in [0.29, 0.717) is 6.54 Å². The van der Waals surface area contributed by atoms with E-state index >= 15 is 0 Å². The number of para-hydroxylation sites is 2. The maximum absolute atomic E-state index is 12.6. The van der Waals surface area contributed by atoms with E-state index in [1.54, 1.807) is 7.11 Å². The number of benzene rings is 2. The van der Waals surface area contributed by atoms with E-state index in [-0.39, 0.29) is 11.4 Å². The molecule has 0 saturated carbocycles. The highest BCUT2D eigenvalue weighted by Crippen LogP contribution is 2.43. The van der Waals surface area contributed by atoms with Crippen LogP contribution in [0, 0.1) is 0 Å². The van der Waals surface area contributed by atoms with Crippen molar-refractivity contribution in [2.75, 3.05) is 37.4 Å². The first kappa shape index (κ1) is 18.8. The van der Waals surface area contributed by atoms with Crippen molar-refractivity contribution in [3.63, 3.8) is 0 Å². The van der Waals surface area contributed by atoms with Gasteiger partial charge in [-0.05, 0) is 49.2 Å². The average molecular weight is 402 g/mol. The molecule has 0 bridgehead atoms. The molecule has 0 atom stereocenters. The van der Waals surface area contributed by atoms with Gasteiger partial charge in [0.2, 0.25) is 5.91 Å². The van der Waals surface area contributed by atoms with Crippen LogP contribution in [-0.2, 0) is 10.3 Å². The Morgan fingerprint density at radius 2 is 1.93 bits per heavy atom. The summed E-state index contributed by atoms with van der Waals surface area (Å²) in [5.41, 5.74) is 4.35. The minimum atomic E-state index is -0.0857. The number of amides is 1. The Morgan fingerprint density at radius 3 is 2.77 bits per heavy atom. The number of methoxy groups -OCH3 is 1. The predicted octanol–water partition coefficient (Wildman–Crippen LogP) is 3.84. The van der Waals surface area contributed by atoms with Crippen LogP contribution in [0.2, 0.25) is 0 Å². The second-order valence-electron chi connectivity index (χ2n) is 8.04. The van der Waals surface area contributed by atoms with E-state index in [9.17, 15) is 4.79 Å². The molecule has 1 amide bonds. The highest BCUT2D eigenvalue weighted by Gasteiger charge is 2.41. The van der Waals surface area contributed by atoms with Crippen LogP contribution < -0.4 is 15.4 Å². The number of fused-ring (bicyclic) bond motifs is 4. The number of piperidine rings is 1. The summed E-state index contributed by atoms with van der Waals surface area (Å²) >= 11 is 0. The van der Waals surface area contributed by atoms with Crippen molar-refractivity contribution in [2.45, 2.75) is 18.4 Å². The molecule has 3 aromatic rings. The summed E-state index contributed by atoms with van der Waals surface area (Å²) in [6, 6.07) is 20.2. The van der Waals surface area contributed by atoms with Crippen molar-refractivity contribution < 1.29 is 9.53 Å². The van der Waals surface area contributed by atoms with Crippen molar-refractivity contribution >= 4 is 17.3 Å². The maximum atomic E-state index is 12.6. The van der Waals surface area contributed by atoms with E-state index in [1.165, 1.54) is 17.1 Å². The van der Waals surface area contributed by atoms with E-state index in [2.05, 4.69) is 62.7 Å². The van der Waals surface area contributed by atoms with Crippen LogP contribution in [0.5, 0.6) is 5.75 Å². The van der Waals surface area contributed by atoms with Crippen molar-refractivity contribution in [3.8, 4) is 11.4 Å². The van der Waals surface area contributed by atoms with Crippen molar-refractivity contribution in [1.29, 1.82) is 0 Å². The van der Waals surface area contributed by atoms with Crippen molar-refractivity contribution in [3.05, 3.63) is 72.6 Å². The van der Waals surface area contributed by atoms with Crippen LogP contribution in [0.1, 0.15) is 18.5 Å². The first-order chi connectivity index (χ1) is 14.7. The third-order valence-electron chi connectivity index (χ3n) is 6.21. The van der Waals surface area contributed by atoms with Crippen molar-refractivity contribution in [2.24, 2.45) is 0 Å². The van der Waals surface area contributed by atoms with E-state index in [1.807, 2.05) is 24.3 Å². The quantitative estimate of drug-likeness (QED) is 0.696. The molecule has 0 unspecified atom stereocenters. The molecule has 0 aliphatic carbocycles. The number of hydrogen-bond acceptors (Lipinski definition) is 4. The minimum absolute atomic E-state index is 0.00419. The van der Waals surface area contributed by atoms with Gasteiger partial charge in [0.25, 0.3) is 0 Å². The Balaban J connectivity index is 1.25. The molecule has 1 aromatic heterocycles. The number of hydrogen-bond donors (Lipinski definition) is 2. The first-order valence-electron chi connectivity index (χ1n) is 10.4. The summed E-state index contributed by atoms with van der Waals surface area (Å²) in [5.74, 6) is 0.740. The molecule has 6 nitrogen and oxygen atoms in total. The number of anilines is 2. The lowest BCUT2D eigenvalue weighted by molar-refractivity contribution is -0.117. The number of carbonyl (C=O) groups excluding carboxylic acids is 1. The van der Waals surface area contributed by atoms with Gasteiger partial charge in [-0.2, -0.15) is 0 Å². The molecule has 1 saturated heterocycles. The normalized spacial score (nSPS) is 17.0. The zero-order chi connectivity index (χ0) is 20.6. The third kappa shape index (κ3) is 3.33. The van der Waals surface area contributed by atoms with Gasteiger partial charge in [-0.15, -0.1) is 0 Å². The number of rotatable bonds is 4. The highest BCUT2D eigenvalue weighted by atomic mass is 16.5. The van der Waals surface area contributed by atoms with Gasteiger partial charge < -0.3 is 19.9 Å². The second-order valence-corrected chi connectivity index (χ2v) is 8.04. The molecule has 5 rings (SSSR count). The SMILES string of the molecule is COc1cccc(NC(=O)CN2CCC3(CC2)Nc2ccccc2-n2cccc23)c1. The number of nitrogens with zero attached hydrogens (tertiary/aromatic N) is 2. The fraction of sp³-hybridized carbons (Fsp3) is 0.292. The lowest BCUT2D eigenvalue weighted by Crippen LogP contribution is -2.50. The first-order valence-corrected chi connectivity index (χ1v) is 10.4. The maximum Gasteiger partial charge on any atom is 0.238 e. The van der Waals surface area contributed by atoms with E-state index in [4.69, 9.17) is 4.74 Å². The molecular formula is C24H26N4O2. The number of nitrogens with one attached hydrogen (secondary N) is 2. The van der Waals surface area contributed by atoms with Crippen LogP contribution in [0.25, 0.3) is 5.69 Å². The Bertz CT molecular complexity index is 1070. The molecule has 2 aliphatic rings. The van der Waals surface area contributed by atoms with Crippen LogP contribution in [0.4, 0.5) is 11.4 Å². The number of ether oxygens (including phenoxy) is 1. The molecule has 6 heteroatoms. The van der Waals surface area contributed by atoms with Crippen LogP contribution in [0.3, 0.4) is 0 Å². The fourth-order valence-corrected chi connectivity index (χ4v) is 4.67. The zero-order valence-corrected chi connectivity index (χ0v) is 17.1. The minimum Gasteiger partial charge on any atom is -0.497 e. The van der Waals surface area contributed by atoms with Gasteiger partial charge in [-0.1, -0.05) is 18.2 Å². The standard InChI is InChI=1S/C24H26N4O2/c1-30-19-7-4-6-18(16-19)25-23(29)17-27-14-11-24(12-15-27)22-10-5-13-28(22)21-9-3-2-8-20(21)26-24/h2-10,13,16,26H,11-12,14-15,17H2,1H3,(H,25,29). The lowest BCUT2D eigenvalue weighted by atomic mass is 9.82. The molecule has 2 aromatic carbocycles. The van der Waals surface area contributed by atoms with Gasteiger partial charge in [0.05, 0.1) is 30.6 Å². The van der Waals surface area contributed by atoms with Crippen LogP contribution >= 0.6 is 0 Å². The second kappa shape index (κ2) is 7.54. The summed E-state index contributed by atoms with van der Waals surface area (Å²) in [6.45, 7) is 2.13. The molecule has 2 aliphatic heterocycles. The van der Waals surface area contributed by atoms with Gasteiger partial charge in [0.1, 0.15) is 5.75 Å². The summed E-state index contributed by atoms with van der Waals surface area (Å²) < 4.78 is 7.53. The average Bonchev–Trinajstić information content (AvgIpc) is 3.27. The lowest BCUT2D eigenvalue weighted by Gasteiger charge is -2.46. The smallest absolute Gasteiger partial charge is 0.238 e. The third-order valence-corrected chi connectivity index (χ3v) is 6.21. The molecule has 154 valence electrons. The summed E-state index contributed by atoms with van der Waals surface area (Å²) in [7, 11) is 1.62. The summed E-state index contributed by atoms with van der Waals surface area (Å²) in [5, 5.41) is 6.80. The highest BCUT2D eigenvalue weighted by molar-refractivity contribution is 5.92. The molecule has 0 radical (unpaired) electrons. The molecule has 30 heavy (non-hydrogen) atoms. The van der Waals surface area contributed by atoms with Gasteiger partial charge in [0, 0.05) is 36.7 Å². The molecule has 3 heterocycles. The van der Waals surface area contributed by atoms with Gasteiger partial charge in [-0.3, -0.25) is 9.69 Å². The predicted molar refractivity (Wildman–Crippen MR) is 118 cm³/mol. The number of aromatic nitrogens is 1. The Kier molecular flexibility index (Phi) is 4.71. The zero-order valence-electron chi connectivity index (χ0n) is 17.1. The topological polar surface area (TPSA) is 58.5 Å². The molecule has 2 N–H and O–H groups in total. The summed E-state index contributed by atoms with van der Waals surface area (Å²) in [6.07, 6.45) is 4.06. The van der Waals surface area contributed by atoms with E-state index in [0.717, 1.165) is 37.4 Å². The Hall–Kier alpha value is -3.25. The molecule has 1 spiro atoms. The monoisotopic (exact) mass is 402 g/mol.